The van der Waals surface area contributed by atoms with E-state index in [1.807, 2.05) is 17.6 Å². The maximum Gasteiger partial charge on any atom is 0.110 e. The number of nitrogens with zero attached hydrogens (tertiary/aromatic N) is 4. The summed E-state index contributed by atoms with van der Waals surface area (Å²) in [5, 5.41) is 14.2. The van der Waals surface area contributed by atoms with Gasteiger partial charge < -0.3 is 10.0 Å². The normalized spacial score (nSPS) is 18.1. The Hall–Kier alpha value is -1.34. The van der Waals surface area contributed by atoms with Gasteiger partial charge in [0.2, 0.25) is 0 Å². The lowest BCUT2D eigenvalue weighted by atomic mass is 9.87. The van der Waals surface area contributed by atoms with Crippen LogP contribution in [0.1, 0.15) is 49.9 Å². The third-order valence-corrected chi connectivity index (χ3v) is 5.82. The third-order valence-electron chi connectivity index (χ3n) is 4.99. The second-order valence-corrected chi connectivity index (χ2v) is 9.97. The average molecular weight is 389 g/mol. The summed E-state index contributed by atoms with van der Waals surface area (Å²) in [5.74, 6) is 0. The van der Waals surface area contributed by atoms with Crippen LogP contribution in [0.25, 0.3) is 0 Å². The molecule has 1 N–H and O–H groups in total. The first kappa shape index (κ1) is 20.4. The van der Waals surface area contributed by atoms with E-state index < -0.39 is 5.60 Å². The highest BCUT2D eigenvalue weighted by molar-refractivity contribution is 7.09. The Morgan fingerprint density at radius 2 is 2.00 bits per heavy atom. The van der Waals surface area contributed by atoms with Crippen molar-refractivity contribution in [2.75, 3.05) is 26.7 Å². The van der Waals surface area contributed by atoms with Crippen molar-refractivity contribution in [2.45, 2.75) is 52.3 Å². The van der Waals surface area contributed by atoms with Gasteiger partial charge in [0.25, 0.3) is 0 Å². The Kier molecular flexibility index (Phi) is 6.31. The largest absolute Gasteiger partial charge is 0.383 e. The molecule has 148 valence electrons. The van der Waals surface area contributed by atoms with Crippen molar-refractivity contribution < 1.29 is 5.11 Å². The van der Waals surface area contributed by atoms with E-state index in [9.17, 15) is 5.11 Å². The van der Waals surface area contributed by atoms with Gasteiger partial charge in [-0.1, -0.05) is 26.8 Å². The molecular weight excluding hydrogens is 356 g/mol. The van der Waals surface area contributed by atoms with Gasteiger partial charge in [0.05, 0.1) is 12.2 Å². The van der Waals surface area contributed by atoms with Gasteiger partial charge >= 0.3 is 0 Å². The van der Waals surface area contributed by atoms with Crippen molar-refractivity contribution in [3.8, 4) is 0 Å². The van der Waals surface area contributed by atoms with Crippen molar-refractivity contribution in [2.24, 2.45) is 5.41 Å². The molecule has 5 nitrogen and oxygen atoms in total. The van der Waals surface area contributed by atoms with Crippen LogP contribution in [-0.4, -0.2) is 51.6 Å². The molecule has 0 radical (unpaired) electrons. The van der Waals surface area contributed by atoms with E-state index in [0.717, 1.165) is 56.3 Å². The van der Waals surface area contributed by atoms with Crippen LogP contribution in [0.15, 0.2) is 29.9 Å². The molecule has 1 aliphatic heterocycles. The van der Waals surface area contributed by atoms with Crippen LogP contribution in [0, 0.1) is 5.41 Å². The second-order valence-electron chi connectivity index (χ2n) is 9.03. The lowest BCUT2D eigenvalue weighted by Gasteiger charge is -2.39. The number of hydrogen-bond acceptors (Lipinski definition) is 6. The fourth-order valence-electron chi connectivity index (χ4n) is 3.70. The molecule has 3 heterocycles. The molecule has 1 fully saturated rings. The summed E-state index contributed by atoms with van der Waals surface area (Å²) in [7, 11) is 2.09. The van der Waals surface area contributed by atoms with Crippen LogP contribution in [0.3, 0.4) is 0 Å². The number of aromatic nitrogens is 2. The topological polar surface area (TPSA) is 52.5 Å². The molecule has 0 unspecified atom stereocenters. The highest BCUT2D eigenvalue weighted by Gasteiger charge is 2.36. The van der Waals surface area contributed by atoms with Gasteiger partial charge in [-0.2, -0.15) is 0 Å². The molecule has 0 atom stereocenters. The minimum atomic E-state index is -0.773. The van der Waals surface area contributed by atoms with E-state index in [-0.39, 0.29) is 0 Å². The van der Waals surface area contributed by atoms with Crippen LogP contribution in [0.5, 0.6) is 0 Å². The molecule has 0 aromatic carbocycles. The lowest BCUT2D eigenvalue weighted by Crippen LogP contribution is -2.45. The van der Waals surface area contributed by atoms with Gasteiger partial charge in [-0.3, -0.25) is 9.88 Å². The zero-order valence-electron chi connectivity index (χ0n) is 17.0. The molecule has 2 aromatic heterocycles. The second kappa shape index (κ2) is 8.35. The summed E-state index contributed by atoms with van der Waals surface area (Å²) in [6.07, 6.45) is 5.22. The molecule has 27 heavy (non-hydrogen) atoms. The monoisotopic (exact) mass is 388 g/mol. The van der Waals surface area contributed by atoms with Gasteiger partial charge in [0, 0.05) is 44.0 Å². The van der Waals surface area contributed by atoms with Crippen LogP contribution in [0.2, 0.25) is 0 Å². The fraction of sp³-hybridized carbons (Fsp3) is 0.619. The van der Waals surface area contributed by atoms with Gasteiger partial charge in [0.15, 0.2) is 0 Å². The van der Waals surface area contributed by atoms with E-state index in [4.69, 9.17) is 4.98 Å². The van der Waals surface area contributed by atoms with Crippen molar-refractivity contribution in [1.82, 2.24) is 19.8 Å². The number of likely N-dealkylation sites (tertiary alicyclic amines) is 1. The predicted molar refractivity (Wildman–Crippen MR) is 111 cm³/mol. The lowest BCUT2D eigenvalue weighted by molar-refractivity contribution is -0.0346. The predicted octanol–water partition coefficient (Wildman–Crippen LogP) is 3.50. The van der Waals surface area contributed by atoms with Crippen LogP contribution < -0.4 is 0 Å². The van der Waals surface area contributed by atoms with Crippen LogP contribution in [0.4, 0.5) is 0 Å². The van der Waals surface area contributed by atoms with Crippen LogP contribution in [-0.2, 0) is 18.7 Å². The van der Waals surface area contributed by atoms with Crippen LogP contribution >= 0.6 is 11.3 Å². The molecule has 0 saturated carbocycles. The molecule has 0 spiro atoms. The minimum Gasteiger partial charge on any atom is -0.383 e. The Labute approximate surface area is 167 Å². The molecule has 1 saturated heterocycles. The highest BCUT2D eigenvalue weighted by atomic mass is 32.1. The Bertz CT molecular complexity index is 717. The molecule has 0 amide bonds. The number of aliphatic hydroxyl groups is 1. The van der Waals surface area contributed by atoms with Gasteiger partial charge in [0.1, 0.15) is 10.6 Å². The number of pyridine rings is 1. The van der Waals surface area contributed by atoms with Gasteiger partial charge in [-0.15, -0.1) is 11.3 Å². The van der Waals surface area contributed by atoms with E-state index in [2.05, 4.69) is 48.7 Å². The summed E-state index contributed by atoms with van der Waals surface area (Å²) in [6.45, 7) is 11.4. The maximum absolute atomic E-state index is 11.1. The summed E-state index contributed by atoms with van der Waals surface area (Å²) >= 11 is 1.65. The molecular formula is C21H32N4OS. The average Bonchev–Trinajstić information content (AvgIpc) is 3.06. The quantitative estimate of drug-likeness (QED) is 0.821. The number of hydrogen-bond donors (Lipinski definition) is 1. The molecule has 1 aliphatic rings. The zero-order valence-corrected chi connectivity index (χ0v) is 17.8. The molecule has 0 aliphatic carbocycles. The Morgan fingerprint density at radius 1 is 1.26 bits per heavy atom. The summed E-state index contributed by atoms with van der Waals surface area (Å²) in [5.41, 5.74) is 1.57. The van der Waals surface area contributed by atoms with Crippen molar-refractivity contribution in [3.63, 3.8) is 0 Å². The third kappa shape index (κ3) is 5.82. The van der Waals surface area contributed by atoms with Crippen molar-refractivity contribution >= 4 is 11.3 Å². The highest BCUT2D eigenvalue weighted by Crippen LogP contribution is 2.34. The first-order valence-corrected chi connectivity index (χ1v) is 10.6. The standard InChI is InChI=1S/C21H32N4OS/c1-20(2,3)16-25-10-7-21(26,8-11-25)18-15-27-19(23-18)14-24(4)13-17-6-5-9-22-12-17/h5-6,9,12,15,26H,7-8,10-11,13-14,16H2,1-4H3. The summed E-state index contributed by atoms with van der Waals surface area (Å²) < 4.78 is 0. The Balaban J connectivity index is 1.55. The van der Waals surface area contributed by atoms with Crippen molar-refractivity contribution in [3.05, 3.63) is 46.2 Å². The first-order chi connectivity index (χ1) is 12.7. The van der Waals surface area contributed by atoms with E-state index >= 15 is 0 Å². The number of rotatable bonds is 6. The molecule has 3 rings (SSSR count). The number of piperidine rings is 1. The zero-order chi connectivity index (χ0) is 19.5. The van der Waals surface area contributed by atoms with E-state index in [1.54, 1.807) is 17.5 Å². The van der Waals surface area contributed by atoms with Crippen molar-refractivity contribution in [1.29, 1.82) is 0 Å². The number of thiazole rings is 1. The minimum absolute atomic E-state index is 0.294. The van der Waals surface area contributed by atoms with Gasteiger partial charge in [-0.25, -0.2) is 4.98 Å². The molecule has 6 heteroatoms. The smallest absolute Gasteiger partial charge is 0.110 e. The maximum atomic E-state index is 11.1. The Morgan fingerprint density at radius 3 is 2.63 bits per heavy atom. The van der Waals surface area contributed by atoms with E-state index in [0.29, 0.717) is 5.41 Å². The SMILES string of the molecule is CN(Cc1cccnc1)Cc1nc(C2(O)CCN(CC(C)(C)C)CC2)cs1. The fourth-order valence-corrected chi connectivity index (χ4v) is 4.66. The van der Waals surface area contributed by atoms with E-state index in [1.165, 1.54) is 5.56 Å². The van der Waals surface area contributed by atoms with Gasteiger partial charge in [-0.05, 0) is 36.9 Å². The molecule has 0 bridgehead atoms. The first-order valence-electron chi connectivity index (χ1n) is 9.71. The summed E-state index contributed by atoms with van der Waals surface area (Å²) in [6, 6.07) is 4.05. The summed E-state index contributed by atoms with van der Waals surface area (Å²) in [4.78, 5) is 13.6. The molecule has 2 aromatic rings.